The van der Waals surface area contributed by atoms with E-state index in [0.717, 1.165) is 5.56 Å². The summed E-state index contributed by atoms with van der Waals surface area (Å²) >= 11 is 0. The Morgan fingerprint density at radius 1 is 1.42 bits per heavy atom. The lowest BCUT2D eigenvalue weighted by Gasteiger charge is -2.04. The van der Waals surface area contributed by atoms with E-state index in [0.29, 0.717) is 18.7 Å². The average molecular weight is 258 g/mol. The van der Waals surface area contributed by atoms with Crippen LogP contribution in [0.15, 0.2) is 45.9 Å². The molecule has 0 saturated heterocycles. The fourth-order valence-electron chi connectivity index (χ4n) is 1.67. The lowest BCUT2D eigenvalue weighted by Crippen LogP contribution is -2.26. The van der Waals surface area contributed by atoms with Crippen LogP contribution in [0.4, 0.5) is 0 Å². The monoisotopic (exact) mass is 258 g/mol. The Morgan fingerprint density at radius 2 is 2.26 bits per heavy atom. The van der Waals surface area contributed by atoms with Crippen molar-refractivity contribution in [1.82, 2.24) is 10.3 Å². The van der Waals surface area contributed by atoms with E-state index in [4.69, 9.17) is 4.42 Å². The molecule has 0 spiro atoms. The minimum Gasteiger partial charge on any atom is -0.456 e. The summed E-state index contributed by atoms with van der Waals surface area (Å²) in [6.07, 6.45) is 4.12. The lowest BCUT2D eigenvalue weighted by molar-refractivity contribution is 0.0922. The van der Waals surface area contributed by atoms with Gasteiger partial charge < -0.3 is 9.73 Å². The molecule has 0 atom stereocenters. The fourth-order valence-corrected chi connectivity index (χ4v) is 1.67. The first-order chi connectivity index (χ1) is 9.15. The van der Waals surface area contributed by atoms with Crippen LogP contribution in [0, 0.1) is 6.92 Å². The molecule has 5 nitrogen and oxygen atoms in total. The van der Waals surface area contributed by atoms with Gasteiger partial charge in [-0.1, -0.05) is 6.07 Å². The smallest absolute Gasteiger partial charge is 0.287 e. The second-order valence-electron chi connectivity index (χ2n) is 4.14. The van der Waals surface area contributed by atoms with Crippen LogP contribution in [0.1, 0.15) is 21.9 Å². The van der Waals surface area contributed by atoms with E-state index in [9.17, 15) is 9.59 Å². The third-order valence-corrected chi connectivity index (χ3v) is 2.54. The number of nitrogens with one attached hydrogen (secondary N) is 1. The first-order valence-electron chi connectivity index (χ1n) is 5.94. The molecule has 0 aliphatic heterocycles. The van der Waals surface area contributed by atoms with Crippen LogP contribution in [-0.2, 0) is 6.42 Å². The van der Waals surface area contributed by atoms with Crippen molar-refractivity contribution in [3.8, 4) is 0 Å². The summed E-state index contributed by atoms with van der Waals surface area (Å²) in [5, 5.41) is 2.70. The number of hydrogen-bond acceptors (Lipinski definition) is 4. The molecule has 2 aromatic heterocycles. The Balaban J connectivity index is 1.93. The summed E-state index contributed by atoms with van der Waals surface area (Å²) in [5.41, 5.74) is 0.801. The van der Waals surface area contributed by atoms with E-state index in [1.54, 1.807) is 19.3 Å². The fraction of sp³-hybridized carbons (Fsp3) is 0.214. The van der Waals surface area contributed by atoms with Gasteiger partial charge in [0.05, 0.1) is 0 Å². The number of rotatable bonds is 4. The molecule has 2 heterocycles. The minimum absolute atomic E-state index is 0.0381. The van der Waals surface area contributed by atoms with Gasteiger partial charge in [-0.25, -0.2) is 0 Å². The minimum atomic E-state index is -0.385. The van der Waals surface area contributed by atoms with E-state index >= 15 is 0 Å². The SMILES string of the molecule is Cc1cc(=O)cc(C(=O)NCCc2cccnc2)o1. The van der Waals surface area contributed by atoms with Crippen molar-refractivity contribution < 1.29 is 9.21 Å². The lowest BCUT2D eigenvalue weighted by atomic mass is 10.2. The number of aryl methyl sites for hydroxylation is 1. The Kier molecular flexibility index (Phi) is 4.07. The maximum atomic E-state index is 11.8. The highest BCUT2D eigenvalue weighted by atomic mass is 16.3. The molecule has 0 fully saturated rings. The van der Waals surface area contributed by atoms with Crippen LogP contribution >= 0.6 is 0 Å². The third kappa shape index (κ3) is 3.77. The molecule has 0 bridgehead atoms. The van der Waals surface area contributed by atoms with Gasteiger partial charge in [0, 0.05) is 31.1 Å². The van der Waals surface area contributed by atoms with Crippen molar-refractivity contribution >= 4 is 5.91 Å². The molecular weight excluding hydrogens is 244 g/mol. The standard InChI is InChI=1S/C14H14N2O3/c1-10-7-12(17)8-13(19-10)14(18)16-6-4-11-3-2-5-15-9-11/h2-3,5,7-9H,4,6H2,1H3,(H,16,18). The number of aromatic nitrogens is 1. The first kappa shape index (κ1) is 13.0. The molecule has 1 N–H and O–H groups in total. The second-order valence-corrected chi connectivity index (χ2v) is 4.14. The van der Waals surface area contributed by atoms with E-state index in [1.807, 2.05) is 12.1 Å². The molecule has 0 aromatic carbocycles. The van der Waals surface area contributed by atoms with Crippen LogP contribution in [0.5, 0.6) is 0 Å². The first-order valence-corrected chi connectivity index (χ1v) is 5.94. The van der Waals surface area contributed by atoms with Gasteiger partial charge in [0.2, 0.25) is 0 Å². The van der Waals surface area contributed by atoms with Crippen molar-refractivity contribution in [2.75, 3.05) is 6.54 Å². The summed E-state index contributed by atoms with van der Waals surface area (Å²) in [6.45, 7) is 2.09. The summed E-state index contributed by atoms with van der Waals surface area (Å²) in [5.74, 6) is 0.0748. The van der Waals surface area contributed by atoms with Gasteiger partial charge in [-0.3, -0.25) is 14.6 Å². The Bertz CT molecular complexity index is 620. The van der Waals surface area contributed by atoms with Crippen LogP contribution < -0.4 is 10.7 Å². The Morgan fingerprint density at radius 3 is 2.95 bits per heavy atom. The largest absolute Gasteiger partial charge is 0.456 e. The van der Waals surface area contributed by atoms with Gasteiger partial charge in [0.15, 0.2) is 11.2 Å². The van der Waals surface area contributed by atoms with Gasteiger partial charge in [-0.05, 0) is 25.0 Å². The van der Waals surface area contributed by atoms with Gasteiger partial charge in [0.25, 0.3) is 5.91 Å². The number of pyridine rings is 1. The maximum Gasteiger partial charge on any atom is 0.287 e. The number of hydrogen-bond donors (Lipinski definition) is 1. The zero-order chi connectivity index (χ0) is 13.7. The maximum absolute atomic E-state index is 11.8. The number of carbonyl (C=O) groups excluding carboxylic acids is 1. The summed E-state index contributed by atoms with van der Waals surface area (Å²) in [7, 11) is 0. The van der Waals surface area contributed by atoms with Crippen LogP contribution in [0.25, 0.3) is 0 Å². The Hall–Kier alpha value is -2.43. The van der Waals surface area contributed by atoms with E-state index < -0.39 is 0 Å². The average Bonchev–Trinajstić information content (AvgIpc) is 2.38. The highest BCUT2D eigenvalue weighted by Gasteiger charge is 2.09. The predicted octanol–water partition coefficient (Wildman–Crippen LogP) is 1.32. The topological polar surface area (TPSA) is 72.2 Å². The molecule has 0 radical (unpaired) electrons. The summed E-state index contributed by atoms with van der Waals surface area (Å²) < 4.78 is 5.20. The predicted molar refractivity (Wildman–Crippen MR) is 70.0 cm³/mol. The van der Waals surface area contributed by atoms with Gasteiger partial charge in [-0.15, -0.1) is 0 Å². The molecule has 2 rings (SSSR count). The Labute approximate surface area is 110 Å². The zero-order valence-electron chi connectivity index (χ0n) is 10.6. The normalized spacial score (nSPS) is 10.2. The molecule has 98 valence electrons. The number of nitrogens with zero attached hydrogens (tertiary/aromatic N) is 1. The summed E-state index contributed by atoms with van der Waals surface area (Å²) in [6, 6.07) is 6.31. The van der Waals surface area contributed by atoms with E-state index in [2.05, 4.69) is 10.3 Å². The highest BCUT2D eigenvalue weighted by Crippen LogP contribution is 2.00. The van der Waals surface area contributed by atoms with Gasteiger partial charge in [-0.2, -0.15) is 0 Å². The highest BCUT2D eigenvalue weighted by molar-refractivity contribution is 5.91. The van der Waals surface area contributed by atoms with Crippen LogP contribution in [0.2, 0.25) is 0 Å². The molecule has 5 heteroatoms. The molecular formula is C14H14N2O3. The van der Waals surface area contributed by atoms with E-state index in [-0.39, 0.29) is 17.1 Å². The molecule has 0 aliphatic carbocycles. The zero-order valence-corrected chi connectivity index (χ0v) is 10.6. The molecule has 19 heavy (non-hydrogen) atoms. The van der Waals surface area contributed by atoms with Crippen molar-refractivity contribution in [3.63, 3.8) is 0 Å². The van der Waals surface area contributed by atoms with Crippen molar-refractivity contribution in [3.05, 3.63) is 64.0 Å². The quantitative estimate of drug-likeness (QED) is 0.897. The van der Waals surface area contributed by atoms with E-state index in [1.165, 1.54) is 12.1 Å². The second kappa shape index (κ2) is 5.95. The van der Waals surface area contributed by atoms with Crippen LogP contribution in [-0.4, -0.2) is 17.4 Å². The number of carbonyl (C=O) groups is 1. The molecule has 0 saturated carbocycles. The van der Waals surface area contributed by atoms with Crippen molar-refractivity contribution in [2.24, 2.45) is 0 Å². The van der Waals surface area contributed by atoms with Gasteiger partial charge in [0.1, 0.15) is 5.76 Å². The molecule has 0 unspecified atom stereocenters. The molecule has 2 aromatic rings. The van der Waals surface area contributed by atoms with Gasteiger partial charge >= 0.3 is 0 Å². The van der Waals surface area contributed by atoms with Crippen LogP contribution in [0.3, 0.4) is 0 Å². The van der Waals surface area contributed by atoms with Crippen molar-refractivity contribution in [2.45, 2.75) is 13.3 Å². The van der Waals surface area contributed by atoms with Crippen molar-refractivity contribution in [1.29, 1.82) is 0 Å². The molecule has 1 amide bonds. The summed E-state index contributed by atoms with van der Waals surface area (Å²) in [4.78, 5) is 27.0. The molecule has 0 aliphatic rings. The number of amides is 1. The third-order valence-electron chi connectivity index (χ3n) is 2.54.